The summed E-state index contributed by atoms with van der Waals surface area (Å²) in [4.78, 5) is 15.8. The number of carbonyl (C=O) groups is 1. The molecule has 0 saturated carbocycles. The van der Waals surface area contributed by atoms with Gasteiger partial charge in [-0.3, -0.25) is 4.79 Å². The van der Waals surface area contributed by atoms with E-state index in [9.17, 15) is 4.79 Å². The Kier molecular flexibility index (Phi) is 4.24. The van der Waals surface area contributed by atoms with E-state index >= 15 is 0 Å². The third-order valence-corrected chi connectivity index (χ3v) is 2.31. The molecule has 0 spiro atoms. The lowest BCUT2D eigenvalue weighted by Crippen LogP contribution is -2.31. The lowest BCUT2D eigenvalue weighted by atomic mass is 10.1. The summed E-state index contributed by atoms with van der Waals surface area (Å²) in [7, 11) is 0. The second-order valence-corrected chi connectivity index (χ2v) is 3.40. The van der Waals surface area contributed by atoms with Crippen molar-refractivity contribution in [3.8, 4) is 0 Å². The number of ketones is 1. The van der Waals surface area contributed by atoms with Crippen molar-refractivity contribution in [2.24, 2.45) is 5.73 Å². The Morgan fingerprint density at radius 2 is 2.53 bits per heavy atom. The molecule has 82 valence electrons. The van der Waals surface area contributed by atoms with Gasteiger partial charge < -0.3 is 10.3 Å². The molecule has 0 aliphatic carbocycles. The standard InChI is InChI=1S/C11H17N3O/c1-3-5-9(12)10(15)8-11-13-6-7-14(11)4-2/h3,6-7,9H,1,4-5,8,12H2,2H3. The molecule has 0 amide bonds. The molecule has 0 bridgehead atoms. The zero-order valence-corrected chi connectivity index (χ0v) is 9.02. The van der Waals surface area contributed by atoms with Crippen LogP contribution in [0.3, 0.4) is 0 Å². The summed E-state index contributed by atoms with van der Waals surface area (Å²) in [5.74, 6) is 0.790. The second-order valence-electron chi connectivity index (χ2n) is 3.40. The van der Waals surface area contributed by atoms with Crippen LogP contribution in [0.2, 0.25) is 0 Å². The molecule has 0 aromatic carbocycles. The van der Waals surface area contributed by atoms with Gasteiger partial charge in [0, 0.05) is 18.9 Å². The van der Waals surface area contributed by atoms with E-state index in [0.29, 0.717) is 12.8 Å². The first-order valence-corrected chi connectivity index (χ1v) is 5.08. The van der Waals surface area contributed by atoms with E-state index in [0.717, 1.165) is 12.4 Å². The zero-order valence-electron chi connectivity index (χ0n) is 9.02. The van der Waals surface area contributed by atoms with Gasteiger partial charge in [0.1, 0.15) is 5.82 Å². The molecule has 0 radical (unpaired) electrons. The molecule has 2 N–H and O–H groups in total. The van der Waals surface area contributed by atoms with Crippen molar-refractivity contribution < 1.29 is 4.79 Å². The SMILES string of the molecule is C=CCC(N)C(=O)Cc1nccn1CC. The first-order valence-electron chi connectivity index (χ1n) is 5.08. The Hall–Kier alpha value is -1.42. The number of hydrogen-bond acceptors (Lipinski definition) is 3. The van der Waals surface area contributed by atoms with Gasteiger partial charge >= 0.3 is 0 Å². The molecule has 0 aliphatic rings. The highest BCUT2D eigenvalue weighted by atomic mass is 16.1. The van der Waals surface area contributed by atoms with Crippen molar-refractivity contribution in [3.63, 3.8) is 0 Å². The van der Waals surface area contributed by atoms with Gasteiger partial charge in [0.25, 0.3) is 0 Å². The average Bonchev–Trinajstić information content (AvgIpc) is 2.65. The smallest absolute Gasteiger partial charge is 0.157 e. The Balaban J connectivity index is 2.61. The molecule has 1 heterocycles. The van der Waals surface area contributed by atoms with Crippen molar-refractivity contribution in [2.75, 3.05) is 0 Å². The van der Waals surface area contributed by atoms with Crippen LogP contribution in [0.4, 0.5) is 0 Å². The summed E-state index contributed by atoms with van der Waals surface area (Å²) >= 11 is 0. The van der Waals surface area contributed by atoms with Crippen molar-refractivity contribution in [3.05, 3.63) is 30.9 Å². The molecular formula is C11H17N3O. The molecule has 1 aromatic heterocycles. The summed E-state index contributed by atoms with van der Waals surface area (Å²) in [5.41, 5.74) is 5.68. The van der Waals surface area contributed by atoms with E-state index in [-0.39, 0.29) is 5.78 Å². The van der Waals surface area contributed by atoms with Crippen LogP contribution < -0.4 is 5.73 Å². The van der Waals surface area contributed by atoms with Crippen LogP contribution in [0.15, 0.2) is 25.0 Å². The summed E-state index contributed by atoms with van der Waals surface area (Å²) < 4.78 is 1.94. The highest BCUT2D eigenvalue weighted by Gasteiger charge is 2.14. The Morgan fingerprint density at radius 1 is 1.80 bits per heavy atom. The highest BCUT2D eigenvalue weighted by Crippen LogP contribution is 2.02. The molecule has 1 unspecified atom stereocenters. The Bertz CT molecular complexity index is 343. The number of imidazole rings is 1. The van der Waals surface area contributed by atoms with Crippen LogP contribution in [-0.2, 0) is 17.8 Å². The van der Waals surface area contributed by atoms with Crippen molar-refractivity contribution in [1.29, 1.82) is 0 Å². The van der Waals surface area contributed by atoms with Crippen LogP contribution in [0, 0.1) is 0 Å². The minimum atomic E-state index is -0.454. The number of nitrogens with zero attached hydrogens (tertiary/aromatic N) is 2. The predicted molar refractivity (Wildman–Crippen MR) is 59.4 cm³/mol. The third kappa shape index (κ3) is 3.02. The van der Waals surface area contributed by atoms with E-state index in [2.05, 4.69) is 11.6 Å². The minimum absolute atomic E-state index is 0.0100. The molecule has 4 nitrogen and oxygen atoms in total. The summed E-state index contributed by atoms with van der Waals surface area (Å²) in [6, 6.07) is -0.454. The van der Waals surface area contributed by atoms with E-state index in [1.807, 2.05) is 17.7 Å². The van der Waals surface area contributed by atoms with E-state index in [1.54, 1.807) is 12.3 Å². The van der Waals surface area contributed by atoms with Gasteiger partial charge in [-0.2, -0.15) is 0 Å². The first kappa shape index (κ1) is 11.7. The number of aromatic nitrogens is 2. The van der Waals surface area contributed by atoms with Crippen molar-refractivity contribution >= 4 is 5.78 Å². The fraction of sp³-hybridized carbons (Fsp3) is 0.455. The largest absolute Gasteiger partial charge is 0.335 e. The second kappa shape index (κ2) is 5.46. The maximum atomic E-state index is 11.6. The Morgan fingerprint density at radius 3 is 3.13 bits per heavy atom. The van der Waals surface area contributed by atoms with Gasteiger partial charge in [-0.1, -0.05) is 6.08 Å². The molecule has 0 aliphatic heterocycles. The summed E-state index contributed by atoms with van der Waals surface area (Å²) in [6.07, 6.45) is 6.04. The fourth-order valence-electron chi connectivity index (χ4n) is 1.39. The average molecular weight is 207 g/mol. The third-order valence-electron chi connectivity index (χ3n) is 2.31. The number of rotatable bonds is 6. The maximum absolute atomic E-state index is 11.6. The summed E-state index contributed by atoms with van der Waals surface area (Å²) in [6.45, 7) is 6.39. The van der Waals surface area contributed by atoms with Crippen molar-refractivity contribution in [2.45, 2.75) is 32.4 Å². The molecule has 1 rings (SSSR count). The lowest BCUT2D eigenvalue weighted by molar-refractivity contribution is -0.119. The van der Waals surface area contributed by atoms with Crippen LogP contribution in [-0.4, -0.2) is 21.4 Å². The lowest BCUT2D eigenvalue weighted by Gasteiger charge is -2.08. The molecular weight excluding hydrogens is 190 g/mol. The fourth-order valence-corrected chi connectivity index (χ4v) is 1.39. The normalized spacial score (nSPS) is 12.4. The first-order chi connectivity index (χ1) is 7.19. The van der Waals surface area contributed by atoms with Gasteiger partial charge in [0.2, 0.25) is 0 Å². The quantitative estimate of drug-likeness (QED) is 0.705. The van der Waals surface area contributed by atoms with Crippen LogP contribution >= 0.6 is 0 Å². The number of nitrogens with two attached hydrogens (primary N) is 1. The molecule has 1 aromatic rings. The molecule has 0 saturated heterocycles. The van der Waals surface area contributed by atoms with Gasteiger partial charge in [-0.25, -0.2) is 4.98 Å². The monoisotopic (exact) mass is 207 g/mol. The molecule has 1 atom stereocenters. The highest BCUT2D eigenvalue weighted by molar-refractivity contribution is 5.85. The number of hydrogen-bond donors (Lipinski definition) is 1. The van der Waals surface area contributed by atoms with Crippen molar-refractivity contribution in [1.82, 2.24) is 9.55 Å². The molecule has 15 heavy (non-hydrogen) atoms. The molecule has 4 heteroatoms. The number of aryl methyl sites for hydroxylation is 1. The zero-order chi connectivity index (χ0) is 11.3. The van der Waals surface area contributed by atoms with E-state index in [1.165, 1.54) is 0 Å². The Labute approximate surface area is 89.8 Å². The topological polar surface area (TPSA) is 60.9 Å². The number of carbonyl (C=O) groups excluding carboxylic acids is 1. The van der Waals surface area contributed by atoms with Gasteiger partial charge in [0.05, 0.1) is 12.5 Å². The minimum Gasteiger partial charge on any atom is -0.335 e. The predicted octanol–water partition coefficient (Wildman–Crippen LogP) is 0.918. The number of Topliss-reactive ketones (excluding diaryl/α,β-unsaturated/α-hetero) is 1. The van der Waals surface area contributed by atoms with E-state index in [4.69, 9.17) is 5.73 Å². The van der Waals surface area contributed by atoms with Crippen LogP contribution in [0.5, 0.6) is 0 Å². The maximum Gasteiger partial charge on any atom is 0.157 e. The van der Waals surface area contributed by atoms with E-state index < -0.39 is 6.04 Å². The van der Waals surface area contributed by atoms with Gasteiger partial charge in [-0.05, 0) is 13.3 Å². The van der Waals surface area contributed by atoms with Crippen LogP contribution in [0.1, 0.15) is 19.2 Å². The summed E-state index contributed by atoms with van der Waals surface area (Å²) in [5, 5.41) is 0. The van der Waals surface area contributed by atoms with Gasteiger partial charge in [-0.15, -0.1) is 6.58 Å². The van der Waals surface area contributed by atoms with Crippen LogP contribution in [0.25, 0.3) is 0 Å². The molecule has 0 fully saturated rings. The van der Waals surface area contributed by atoms with Gasteiger partial charge in [0.15, 0.2) is 5.78 Å².